The fourth-order valence-electron chi connectivity index (χ4n) is 3.61. The average Bonchev–Trinajstić information content (AvgIpc) is 3.21. The molecule has 0 unspecified atom stereocenters. The summed E-state index contributed by atoms with van der Waals surface area (Å²) in [6, 6.07) is 4.52. The number of hydrogen-bond acceptors (Lipinski definition) is 7. The van der Waals surface area contributed by atoms with Gasteiger partial charge in [-0.25, -0.2) is 9.78 Å². The molecule has 2 atom stereocenters. The molecule has 0 saturated carbocycles. The summed E-state index contributed by atoms with van der Waals surface area (Å²) in [7, 11) is 0. The van der Waals surface area contributed by atoms with Gasteiger partial charge in [-0.3, -0.25) is 4.79 Å². The lowest BCUT2D eigenvalue weighted by atomic mass is 10.1. The number of nitrogens with zero attached hydrogens (tertiary/aromatic N) is 4. The van der Waals surface area contributed by atoms with Crippen molar-refractivity contribution in [1.29, 1.82) is 0 Å². The van der Waals surface area contributed by atoms with Crippen LogP contribution in [0.4, 0.5) is 16.6 Å². The third kappa shape index (κ3) is 4.95. The molecule has 1 aromatic heterocycles. The number of alkyl carbamates (subject to hydrolysis) is 1. The molecule has 2 aromatic rings. The zero-order valence-corrected chi connectivity index (χ0v) is 19.4. The van der Waals surface area contributed by atoms with E-state index in [0.29, 0.717) is 53.0 Å². The van der Waals surface area contributed by atoms with Crippen molar-refractivity contribution in [3.05, 3.63) is 45.0 Å². The normalized spacial score (nSPS) is 19.4. The maximum absolute atomic E-state index is 12.5. The molecular formula is C20H21Cl3N6O3. The van der Waals surface area contributed by atoms with Gasteiger partial charge in [0.05, 0.1) is 12.2 Å². The molecule has 2 N–H and O–H groups in total. The van der Waals surface area contributed by atoms with E-state index in [1.807, 2.05) is 17.9 Å². The molecule has 3 heterocycles. The van der Waals surface area contributed by atoms with E-state index in [-0.39, 0.29) is 18.6 Å². The number of amides is 2. The molecule has 0 aliphatic carbocycles. The van der Waals surface area contributed by atoms with Crippen molar-refractivity contribution in [3.8, 4) is 0 Å². The van der Waals surface area contributed by atoms with Crippen molar-refractivity contribution in [3.63, 3.8) is 0 Å². The first-order valence-corrected chi connectivity index (χ1v) is 11.2. The van der Waals surface area contributed by atoms with Gasteiger partial charge in [-0.2, -0.15) is 4.98 Å². The summed E-state index contributed by atoms with van der Waals surface area (Å²) in [5.41, 5.74) is 0.863. The molecule has 2 saturated heterocycles. The van der Waals surface area contributed by atoms with Gasteiger partial charge in [-0.15, -0.1) is 0 Å². The molecule has 2 amide bonds. The standard InChI is InChI=1S/C20H21Cl3N6O3/c1-11(13-3-2-12(21)8-14(13)22)25-17-15(23)9-24-19(27-17)29-6-4-28(5-7-29)18(30)16-10-32-20(31)26-16/h2-3,8-9,11,16H,4-7,10H2,1H3,(H,26,31)(H,24,25,27)/t11-,16-/m1/s1. The molecule has 2 aliphatic heterocycles. The van der Waals surface area contributed by atoms with Crippen LogP contribution < -0.4 is 15.5 Å². The number of ether oxygens (including phenoxy) is 1. The fourth-order valence-corrected chi connectivity index (χ4v) is 4.33. The number of rotatable bonds is 5. The SMILES string of the molecule is C[C@@H](Nc1nc(N2CCN(C(=O)[C@H]3COC(=O)N3)CC2)ncc1Cl)c1ccc(Cl)cc1Cl. The third-order valence-electron chi connectivity index (χ3n) is 5.36. The number of piperazine rings is 1. The predicted molar refractivity (Wildman–Crippen MR) is 123 cm³/mol. The van der Waals surface area contributed by atoms with Crippen LogP contribution in [0, 0.1) is 0 Å². The molecule has 0 spiro atoms. The lowest BCUT2D eigenvalue weighted by molar-refractivity contribution is -0.133. The van der Waals surface area contributed by atoms with E-state index in [2.05, 4.69) is 20.6 Å². The highest BCUT2D eigenvalue weighted by Crippen LogP contribution is 2.30. The number of anilines is 2. The molecule has 170 valence electrons. The first-order valence-electron chi connectivity index (χ1n) is 10.0. The summed E-state index contributed by atoms with van der Waals surface area (Å²) in [5.74, 6) is 0.846. The van der Waals surface area contributed by atoms with Crippen molar-refractivity contribution in [2.75, 3.05) is 43.0 Å². The van der Waals surface area contributed by atoms with Crippen LogP contribution in [-0.2, 0) is 9.53 Å². The molecule has 9 nitrogen and oxygen atoms in total. The van der Waals surface area contributed by atoms with E-state index in [9.17, 15) is 9.59 Å². The highest BCUT2D eigenvalue weighted by molar-refractivity contribution is 6.35. The Bertz CT molecular complexity index is 1030. The highest BCUT2D eigenvalue weighted by atomic mass is 35.5. The van der Waals surface area contributed by atoms with Crippen LogP contribution in [0.1, 0.15) is 18.5 Å². The predicted octanol–water partition coefficient (Wildman–Crippen LogP) is 3.37. The van der Waals surface area contributed by atoms with Crippen LogP contribution in [0.25, 0.3) is 0 Å². The Morgan fingerprint density at radius 2 is 1.97 bits per heavy atom. The molecular weight excluding hydrogens is 479 g/mol. The van der Waals surface area contributed by atoms with E-state index in [4.69, 9.17) is 39.5 Å². The summed E-state index contributed by atoms with van der Waals surface area (Å²) in [5, 5.41) is 7.29. The van der Waals surface area contributed by atoms with Gasteiger partial charge in [0.25, 0.3) is 0 Å². The van der Waals surface area contributed by atoms with Crippen LogP contribution in [0.15, 0.2) is 24.4 Å². The van der Waals surface area contributed by atoms with Crippen molar-refractivity contribution in [1.82, 2.24) is 20.2 Å². The molecule has 2 fully saturated rings. The molecule has 1 aromatic carbocycles. The maximum atomic E-state index is 12.5. The number of hydrogen-bond donors (Lipinski definition) is 2. The molecule has 0 radical (unpaired) electrons. The smallest absolute Gasteiger partial charge is 0.407 e. The lowest BCUT2D eigenvalue weighted by Gasteiger charge is -2.35. The van der Waals surface area contributed by atoms with Crippen LogP contribution in [0.5, 0.6) is 0 Å². The Morgan fingerprint density at radius 1 is 1.22 bits per heavy atom. The Labute approximate surface area is 200 Å². The molecule has 0 bridgehead atoms. The zero-order valence-electron chi connectivity index (χ0n) is 17.1. The van der Waals surface area contributed by atoms with E-state index in [0.717, 1.165) is 5.56 Å². The lowest BCUT2D eigenvalue weighted by Crippen LogP contribution is -2.54. The monoisotopic (exact) mass is 498 g/mol. The van der Waals surface area contributed by atoms with Gasteiger partial charge in [0.2, 0.25) is 11.9 Å². The largest absolute Gasteiger partial charge is 0.447 e. The van der Waals surface area contributed by atoms with E-state index >= 15 is 0 Å². The Balaban J connectivity index is 1.40. The summed E-state index contributed by atoms with van der Waals surface area (Å²) in [6.07, 6.45) is 0.983. The Hall–Kier alpha value is -2.49. The molecule has 12 heteroatoms. The number of benzene rings is 1. The van der Waals surface area contributed by atoms with Crippen LogP contribution in [0.3, 0.4) is 0 Å². The van der Waals surface area contributed by atoms with Gasteiger partial charge in [0.15, 0.2) is 5.82 Å². The van der Waals surface area contributed by atoms with Gasteiger partial charge in [0, 0.05) is 36.2 Å². The van der Waals surface area contributed by atoms with Gasteiger partial charge in [0.1, 0.15) is 17.7 Å². The van der Waals surface area contributed by atoms with Gasteiger partial charge in [-0.1, -0.05) is 40.9 Å². The Morgan fingerprint density at radius 3 is 2.62 bits per heavy atom. The van der Waals surface area contributed by atoms with Crippen LogP contribution in [-0.4, -0.2) is 65.7 Å². The second kappa shape index (κ2) is 9.56. The van der Waals surface area contributed by atoms with E-state index in [1.165, 1.54) is 0 Å². The highest BCUT2D eigenvalue weighted by Gasteiger charge is 2.34. The van der Waals surface area contributed by atoms with Gasteiger partial charge in [-0.05, 0) is 24.6 Å². The number of cyclic esters (lactones) is 1. The molecule has 32 heavy (non-hydrogen) atoms. The van der Waals surface area contributed by atoms with Crippen molar-refractivity contribution >= 4 is 58.6 Å². The van der Waals surface area contributed by atoms with Gasteiger partial charge >= 0.3 is 6.09 Å². The average molecular weight is 500 g/mol. The topological polar surface area (TPSA) is 99.7 Å². The summed E-state index contributed by atoms with van der Waals surface area (Å²) in [4.78, 5) is 36.3. The minimum Gasteiger partial charge on any atom is -0.447 e. The minimum atomic E-state index is -0.627. The number of carbonyl (C=O) groups excluding carboxylic acids is 2. The van der Waals surface area contributed by atoms with Crippen molar-refractivity contribution in [2.45, 2.75) is 19.0 Å². The fraction of sp³-hybridized carbons (Fsp3) is 0.400. The van der Waals surface area contributed by atoms with Crippen molar-refractivity contribution < 1.29 is 14.3 Å². The summed E-state index contributed by atoms with van der Waals surface area (Å²) >= 11 is 18.6. The molecule has 2 aliphatic rings. The Kier molecular flexibility index (Phi) is 6.78. The number of carbonyl (C=O) groups is 2. The second-order valence-corrected chi connectivity index (χ2v) is 8.76. The summed E-state index contributed by atoms with van der Waals surface area (Å²) in [6.45, 7) is 4.07. The number of halogens is 3. The van der Waals surface area contributed by atoms with Gasteiger partial charge < -0.3 is 25.2 Å². The number of nitrogens with one attached hydrogen (secondary N) is 2. The van der Waals surface area contributed by atoms with Crippen LogP contribution in [0.2, 0.25) is 15.1 Å². The summed E-state index contributed by atoms with van der Waals surface area (Å²) < 4.78 is 4.81. The minimum absolute atomic E-state index is 0.0586. The quantitative estimate of drug-likeness (QED) is 0.651. The zero-order chi connectivity index (χ0) is 22.8. The van der Waals surface area contributed by atoms with E-state index < -0.39 is 12.1 Å². The first kappa shape index (κ1) is 22.7. The second-order valence-electron chi connectivity index (χ2n) is 7.51. The third-order valence-corrected chi connectivity index (χ3v) is 6.20. The maximum Gasteiger partial charge on any atom is 0.407 e. The number of aromatic nitrogens is 2. The first-order chi connectivity index (χ1) is 15.3. The van der Waals surface area contributed by atoms with Crippen molar-refractivity contribution in [2.24, 2.45) is 0 Å². The van der Waals surface area contributed by atoms with Crippen LogP contribution >= 0.6 is 34.8 Å². The molecule has 4 rings (SSSR count). The van der Waals surface area contributed by atoms with E-state index in [1.54, 1.807) is 23.2 Å².